The number of ether oxygens (including phenoxy) is 1. The quantitative estimate of drug-likeness (QED) is 0.670. The molecule has 5 heteroatoms. The molecule has 1 amide bonds. The molecule has 0 saturated heterocycles. The molecule has 0 radical (unpaired) electrons. The van der Waals surface area contributed by atoms with Crippen LogP contribution in [0.4, 0.5) is 10.5 Å². The smallest absolute Gasteiger partial charge is 0.411 e. The van der Waals surface area contributed by atoms with Gasteiger partial charge in [-0.3, -0.25) is 10.3 Å². The third kappa shape index (κ3) is 5.65. The summed E-state index contributed by atoms with van der Waals surface area (Å²) in [6.07, 6.45) is 1.44. The number of nitrogens with zero attached hydrogens (tertiary/aromatic N) is 1. The molecule has 0 aliphatic carbocycles. The summed E-state index contributed by atoms with van der Waals surface area (Å²) in [6.45, 7) is 7.73. The lowest BCUT2D eigenvalue weighted by atomic mass is 10.2. The zero-order valence-electron chi connectivity index (χ0n) is 12.6. The van der Waals surface area contributed by atoms with E-state index in [1.165, 1.54) is 0 Å². The van der Waals surface area contributed by atoms with E-state index in [2.05, 4.69) is 10.3 Å². The molecule has 0 saturated carbocycles. The summed E-state index contributed by atoms with van der Waals surface area (Å²) >= 11 is 1.62. The topological polar surface area (TPSA) is 50.7 Å². The number of aliphatic imine (C=N–C) groups is 1. The summed E-state index contributed by atoms with van der Waals surface area (Å²) in [7, 11) is 0. The Morgan fingerprint density at radius 2 is 1.80 bits per heavy atom. The third-order valence-electron chi connectivity index (χ3n) is 2.29. The van der Waals surface area contributed by atoms with E-state index in [1.807, 2.05) is 58.2 Å². The average Bonchev–Trinajstić information content (AvgIpc) is 2.35. The molecule has 0 heterocycles. The van der Waals surface area contributed by atoms with Gasteiger partial charge in [0.05, 0.1) is 11.1 Å². The minimum Gasteiger partial charge on any atom is -0.447 e. The summed E-state index contributed by atoms with van der Waals surface area (Å²) in [5.74, 6) is 0. The molecule has 0 bridgehead atoms. The zero-order chi connectivity index (χ0) is 15.1. The summed E-state index contributed by atoms with van der Waals surface area (Å²) < 4.78 is 5.03. The van der Waals surface area contributed by atoms with Crippen molar-refractivity contribution in [3.63, 3.8) is 0 Å². The average molecular weight is 294 g/mol. The maximum atomic E-state index is 11.5. The summed E-state index contributed by atoms with van der Waals surface area (Å²) in [6, 6.07) is 7.86. The fraction of sp³-hybridized carbons (Fsp3) is 0.467. The molecule has 20 heavy (non-hydrogen) atoms. The normalized spacial score (nSPS) is 11.8. The first-order valence-corrected chi connectivity index (χ1v) is 7.84. The fourth-order valence-corrected chi connectivity index (χ4v) is 2.23. The van der Waals surface area contributed by atoms with Crippen LogP contribution in [-0.2, 0) is 4.74 Å². The van der Waals surface area contributed by atoms with Gasteiger partial charge < -0.3 is 4.74 Å². The molecule has 0 spiro atoms. The van der Waals surface area contributed by atoms with Crippen LogP contribution in [0.3, 0.4) is 0 Å². The number of hydrogen-bond donors (Lipinski definition) is 1. The van der Waals surface area contributed by atoms with Crippen LogP contribution in [0.1, 0.15) is 33.3 Å². The minimum absolute atomic E-state index is 0.129. The Balaban J connectivity index is 2.76. The fourth-order valence-electron chi connectivity index (χ4n) is 1.54. The number of rotatable bonds is 4. The number of amides is 1. The van der Waals surface area contributed by atoms with Crippen LogP contribution in [0.5, 0.6) is 0 Å². The number of nitrogens with one attached hydrogen (secondary N) is 1. The van der Waals surface area contributed by atoms with Crippen molar-refractivity contribution in [3.05, 3.63) is 29.8 Å². The molecule has 110 valence electrons. The second-order valence-corrected chi connectivity index (χ2v) is 5.68. The van der Waals surface area contributed by atoms with E-state index < -0.39 is 6.09 Å². The lowest BCUT2D eigenvalue weighted by molar-refractivity contribution is 0.130. The van der Waals surface area contributed by atoms with E-state index in [9.17, 15) is 4.79 Å². The molecule has 0 atom stereocenters. The molecule has 0 fully saturated rings. The Morgan fingerprint density at radius 3 is 2.25 bits per heavy atom. The standard InChI is InChI=1S/C15H22N2O2S/c1-10(2)16-14(20-5)12-6-8-13(9-7-12)17-15(18)19-11(3)4/h6-11H,1-5H3,(H,17,18). The van der Waals surface area contributed by atoms with Crippen LogP contribution in [0.2, 0.25) is 0 Å². The van der Waals surface area contributed by atoms with Crippen molar-refractivity contribution in [3.8, 4) is 0 Å². The molecular formula is C15H22N2O2S. The molecule has 0 unspecified atom stereocenters. The van der Waals surface area contributed by atoms with Gasteiger partial charge in [0.15, 0.2) is 0 Å². The maximum Gasteiger partial charge on any atom is 0.411 e. The highest BCUT2D eigenvalue weighted by molar-refractivity contribution is 8.13. The van der Waals surface area contributed by atoms with E-state index in [1.54, 1.807) is 11.8 Å². The van der Waals surface area contributed by atoms with Gasteiger partial charge in [-0.05, 0) is 46.1 Å². The van der Waals surface area contributed by atoms with Crippen molar-refractivity contribution in [1.29, 1.82) is 0 Å². The molecule has 0 aromatic heterocycles. The largest absolute Gasteiger partial charge is 0.447 e. The first-order chi connectivity index (χ1) is 9.42. The van der Waals surface area contributed by atoms with Crippen molar-refractivity contribution in [2.45, 2.75) is 39.8 Å². The first-order valence-electron chi connectivity index (χ1n) is 6.62. The SMILES string of the molecule is CSC(=NC(C)C)c1ccc(NC(=O)OC(C)C)cc1. The van der Waals surface area contributed by atoms with Gasteiger partial charge in [0, 0.05) is 17.3 Å². The highest BCUT2D eigenvalue weighted by atomic mass is 32.2. The van der Waals surface area contributed by atoms with Gasteiger partial charge in [-0.25, -0.2) is 4.79 Å². The monoisotopic (exact) mass is 294 g/mol. The number of hydrogen-bond acceptors (Lipinski definition) is 4. The zero-order valence-corrected chi connectivity index (χ0v) is 13.5. The van der Waals surface area contributed by atoms with Gasteiger partial charge in [0.25, 0.3) is 0 Å². The first kappa shape index (κ1) is 16.6. The lowest BCUT2D eigenvalue weighted by Crippen LogP contribution is -2.17. The van der Waals surface area contributed by atoms with Gasteiger partial charge in [0.2, 0.25) is 0 Å². The van der Waals surface area contributed by atoms with Gasteiger partial charge in [-0.1, -0.05) is 12.1 Å². The van der Waals surface area contributed by atoms with E-state index in [0.29, 0.717) is 5.69 Å². The van der Waals surface area contributed by atoms with E-state index in [-0.39, 0.29) is 12.1 Å². The Hall–Kier alpha value is -1.49. The second kappa shape index (κ2) is 7.94. The minimum atomic E-state index is -0.436. The van der Waals surface area contributed by atoms with Crippen LogP contribution in [0.25, 0.3) is 0 Å². The molecule has 1 aromatic carbocycles. The van der Waals surface area contributed by atoms with Crippen molar-refractivity contribution in [1.82, 2.24) is 0 Å². The Kier molecular flexibility index (Phi) is 6.58. The molecule has 1 rings (SSSR count). The third-order valence-corrected chi connectivity index (χ3v) is 3.02. The van der Waals surface area contributed by atoms with Crippen molar-refractivity contribution in [2.24, 2.45) is 4.99 Å². The highest BCUT2D eigenvalue weighted by Crippen LogP contribution is 2.16. The van der Waals surface area contributed by atoms with Crippen LogP contribution in [-0.4, -0.2) is 29.5 Å². The number of benzene rings is 1. The summed E-state index contributed by atoms with van der Waals surface area (Å²) in [5.41, 5.74) is 1.76. The molecule has 1 N–H and O–H groups in total. The molecule has 1 aromatic rings. The van der Waals surface area contributed by atoms with E-state index >= 15 is 0 Å². The second-order valence-electron chi connectivity index (χ2n) is 4.89. The van der Waals surface area contributed by atoms with Crippen LogP contribution in [0, 0.1) is 0 Å². The predicted octanol–water partition coefficient (Wildman–Crippen LogP) is 4.16. The van der Waals surface area contributed by atoms with Crippen molar-refractivity contribution >= 4 is 28.6 Å². The molecule has 0 aliphatic heterocycles. The Labute approximate surface area is 125 Å². The van der Waals surface area contributed by atoms with Crippen molar-refractivity contribution in [2.75, 3.05) is 11.6 Å². The number of anilines is 1. The van der Waals surface area contributed by atoms with Crippen LogP contribution < -0.4 is 5.32 Å². The predicted molar refractivity (Wildman–Crippen MR) is 86.9 cm³/mol. The van der Waals surface area contributed by atoms with E-state index in [4.69, 9.17) is 4.74 Å². The van der Waals surface area contributed by atoms with Crippen LogP contribution >= 0.6 is 11.8 Å². The number of carbonyl (C=O) groups excluding carboxylic acids is 1. The van der Waals surface area contributed by atoms with Crippen LogP contribution in [0.15, 0.2) is 29.3 Å². The number of thioether (sulfide) groups is 1. The Morgan fingerprint density at radius 1 is 1.20 bits per heavy atom. The number of carbonyl (C=O) groups is 1. The molecular weight excluding hydrogens is 272 g/mol. The van der Waals surface area contributed by atoms with Gasteiger partial charge >= 0.3 is 6.09 Å². The Bertz CT molecular complexity index is 467. The summed E-state index contributed by atoms with van der Waals surface area (Å²) in [4.78, 5) is 16.0. The molecule has 0 aliphatic rings. The van der Waals surface area contributed by atoms with Gasteiger partial charge in [0.1, 0.15) is 0 Å². The lowest BCUT2D eigenvalue weighted by Gasteiger charge is -2.10. The van der Waals surface area contributed by atoms with Gasteiger partial charge in [-0.2, -0.15) is 0 Å². The summed E-state index contributed by atoms with van der Waals surface area (Å²) in [5, 5.41) is 3.69. The maximum absolute atomic E-state index is 11.5. The van der Waals surface area contributed by atoms with E-state index in [0.717, 1.165) is 10.6 Å². The van der Waals surface area contributed by atoms with Gasteiger partial charge in [-0.15, -0.1) is 11.8 Å². The molecule has 4 nitrogen and oxygen atoms in total. The van der Waals surface area contributed by atoms with Crippen molar-refractivity contribution < 1.29 is 9.53 Å². The highest BCUT2D eigenvalue weighted by Gasteiger charge is 2.07.